The molecule has 0 radical (unpaired) electrons. The second-order valence-corrected chi connectivity index (χ2v) is 9.02. The molecule has 32 heavy (non-hydrogen) atoms. The van der Waals surface area contributed by atoms with Crippen molar-refractivity contribution in [1.82, 2.24) is 0 Å². The van der Waals surface area contributed by atoms with Crippen molar-refractivity contribution in [3.63, 3.8) is 0 Å². The van der Waals surface area contributed by atoms with E-state index in [-0.39, 0.29) is 0 Å². The summed E-state index contributed by atoms with van der Waals surface area (Å²) in [5.74, 6) is 1.87. The van der Waals surface area contributed by atoms with Gasteiger partial charge in [0.25, 0.3) is 0 Å². The lowest BCUT2D eigenvalue weighted by atomic mass is 10.2. The zero-order chi connectivity index (χ0) is 22.4. The summed E-state index contributed by atoms with van der Waals surface area (Å²) in [6.07, 6.45) is 9.76. The first-order valence-corrected chi connectivity index (χ1v) is 13.0. The highest BCUT2D eigenvalue weighted by Crippen LogP contribution is 2.38. The molecule has 0 N–H and O–H groups in total. The Bertz CT molecular complexity index is 802. The van der Waals surface area contributed by atoms with Crippen LogP contribution in [0.4, 0.5) is 16.4 Å². The van der Waals surface area contributed by atoms with E-state index in [0.29, 0.717) is 0 Å². The van der Waals surface area contributed by atoms with Gasteiger partial charge in [0, 0.05) is 11.4 Å². The molecule has 0 saturated carbocycles. The molecule has 3 rings (SSSR count). The van der Waals surface area contributed by atoms with Crippen LogP contribution in [0.2, 0.25) is 0 Å². The largest absolute Gasteiger partial charge is 0.494 e. The average molecular weight is 452 g/mol. The van der Waals surface area contributed by atoms with E-state index in [1.54, 1.807) is 11.3 Å². The van der Waals surface area contributed by atoms with Crippen molar-refractivity contribution in [1.29, 1.82) is 0 Å². The van der Waals surface area contributed by atoms with E-state index >= 15 is 0 Å². The van der Waals surface area contributed by atoms with Crippen LogP contribution in [0.15, 0.2) is 66.0 Å². The highest BCUT2D eigenvalue weighted by Gasteiger charge is 2.13. The number of hydrogen-bond acceptors (Lipinski definition) is 4. The zero-order valence-corrected chi connectivity index (χ0v) is 20.4. The fraction of sp³-hybridized carbons (Fsp3) is 0.429. The molecule has 0 atom stereocenters. The molecule has 2 aromatic carbocycles. The molecule has 0 aliphatic heterocycles. The summed E-state index contributed by atoms with van der Waals surface area (Å²) >= 11 is 1.74. The maximum atomic E-state index is 5.93. The molecule has 0 aliphatic carbocycles. The Morgan fingerprint density at radius 2 is 1.12 bits per heavy atom. The molecular formula is C28H37NO2S. The number of benzene rings is 2. The van der Waals surface area contributed by atoms with Gasteiger partial charge in [-0.1, -0.05) is 52.4 Å². The first-order valence-electron chi connectivity index (χ1n) is 12.1. The number of anilines is 3. The Morgan fingerprint density at radius 1 is 0.625 bits per heavy atom. The summed E-state index contributed by atoms with van der Waals surface area (Å²) < 4.78 is 11.9. The Hall–Kier alpha value is -2.46. The van der Waals surface area contributed by atoms with E-state index in [0.717, 1.165) is 48.9 Å². The van der Waals surface area contributed by atoms with Gasteiger partial charge in [-0.25, -0.2) is 0 Å². The van der Waals surface area contributed by atoms with Gasteiger partial charge < -0.3 is 14.4 Å². The van der Waals surface area contributed by atoms with Gasteiger partial charge in [0.15, 0.2) is 0 Å². The third kappa shape index (κ3) is 7.59. The Kier molecular flexibility index (Phi) is 10.5. The third-order valence-corrected chi connectivity index (χ3v) is 6.30. The maximum Gasteiger partial charge on any atom is 0.119 e. The fourth-order valence-electron chi connectivity index (χ4n) is 3.62. The molecule has 0 unspecified atom stereocenters. The lowest BCUT2D eigenvalue weighted by molar-refractivity contribution is 0.305. The van der Waals surface area contributed by atoms with Crippen molar-refractivity contribution in [3.8, 4) is 11.5 Å². The maximum absolute atomic E-state index is 5.93. The molecule has 0 spiro atoms. The van der Waals surface area contributed by atoms with Crippen LogP contribution in [0.3, 0.4) is 0 Å². The molecule has 3 nitrogen and oxygen atoms in total. The van der Waals surface area contributed by atoms with E-state index in [4.69, 9.17) is 9.47 Å². The first-order chi connectivity index (χ1) is 15.8. The summed E-state index contributed by atoms with van der Waals surface area (Å²) in [6, 6.07) is 21.1. The molecule has 1 aromatic heterocycles. The van der Waals surface area contributed by atoms with Crippen LogP contribution in [0.25, 0.3) is 0 Å². The topological polar surface area (TPSA) is 21.7 Å². The zero-order valence-electron chi connectivity index (χ0n) is 19.6. The van der Waals surface area contributed by atoms with Gasteiger partial charge in [0.1, 0.15) is 11.5 Å². The van der Waals surface area contributed by atoms with E-state index in [2.05, 4.69) is 84.8 Å². The van der Waals surface area contributed by atoms with Gasteiger partial charge in [-0.3, -0.25) is 0 Å². The second kappa shape index (κ2) is 13.8. The first kappa shape index (κ1) is 24.2. The molecular weight excluding hydrogens is 414 g/mol. The van der Waals surface area contributed by atoms with Crippen molar-refractivity contribution in [3.05, 3.63) is 66.0 Å². The van der Waals surface area contributed by atoms with Gasteiger partial charge in [-0.2, -0.15) is 0 Å². The van der Waals surface area contributed by atoms with E-state index in [1.807, 2.05) is 0 Å². The fourth-order valence-corrected chi connectivity index (χ4v) is 4.39. The number of nitrogens with zero attached hydrogens (tertiary/aromatic N) is 1. The second-order valence-electron chi connectivity index (χ2n) is 8.09. The molecule has 0 amide bonds. The van der Waals surface area contributed by atoms with E-state index in [9.17, 15) is 0 Å². The van der Waals surface area contributed by atoms with Crippen molar-refractivity contribution in [2.24, 2.45) is 0 Å². The summed E-state index contributed by atoms with van der Waals surface area (Å²) in [6.45, 7) is 6.03. The molecule has 172 valence electrons. The number of rotatable bonds is 15. The number of unbranched alkanes of at least 4 members (excludes halogenated alkanes) is 6. The Morgan fingerprint density at radius 3 is 1.53 bits per heavy atom. The number of thiophene rings is 1. The minimum Gasteiger partial charge on any atom is -0.494 e. The average Bonchev–Trinajstić information content (AvgIpc) is 3.35. The minimum atomic E-state index is 0.786. The van der Waals surface area contributed by atoms with Crippen LogP contribution in [0.1, 0.15) is 65.2 Å². The highest BCUT2D eigenvalue weighted by molar-refractivity contribution is 7.14. The molecule has 4 heteroatoms. The van der Waals surface area contributed by atoms with Gasteiger partial charge in [0.2, 0.25) is 0 Å². The molecule has 0 saturated heterocycles. The monoisotopic (exact) mass is 451 g/mol. The molecule has 0 aliphatic rings. The van der Waals surface area contributed by atoms with Crippen LogP contribution in [-0.4, -0.2) is 13.2 Å². The van der Waals surface area contributed by atoms with Crippen molar-refractivity contribution in [2.75, 3.05) is 18.1 Å². The lowest BCUT2D eigenvalue weighted by Crippen LogP contribution is -2.08. The van der Waals surface area contributed by atoms with E-state index < -0.39 is 0 Å². The summed E-state index contributed by atoms with van der Waals surface area (Å²) in [5.41, 5.74) is 2.25. The Balaban J connectivity index is 1.64. The van der Waals surface area contributed by atoms with Gasteiger partial charge in [-0.15, -0.1) is 11.3 Å². The summed E-state index contributed by atoms with van der Waals surface area (Å²) in [5, 5.41) is 3.30. The van der Waals surface area contributed by atoms with Crippen molar-refractivity contribution >= 4 is 27.7 Å². The van der Waals surface area contributed by atoms with Gasteiger partial charge in [-0.05, 0) is 78.9 Å². The molecule has 0 bridgehead atoms. The van der Waals surface area contributed by atoms with Crippen LogP contribution >= 0.6 is 11.3 Å². The van der Waals surface area contributed by atoms with Crippen LogP contribution in [0, 0.1) is 0 Å². The third-order valence-electron chi connectivity index (χ3n) is 5.45. The number of hydrogen-bond donors (Lipinski definition) is 0. The summed E-state index contributed by atoms with van der Waals surface area (Å²) in [7, 11) is 0. The summed E-state index contributed by atoms with van der Waals surface area (Å²) in [4.78, 5) is 2.28. The lowest BCUT2D eigenvalue weighted by Gasteiger charge is -2.24. The van der Waals surface area contributed by atoms with E-state index in [1.165, 1.54) is 43.5 Å². The normalized spacial score (nSPS) is 10.8. The van der Waals surface area contributed by atoms with Crippen molar-refractivity contribution < 1.29 is 9.47 Å². The van der Waals surface area contributed by atoms with Gasteiger partial charge >= 0.3 is 0 Å². The molecule has 1 heterocycles. The SMILES string of the molecule is CCCCCCOc1ccc(N(c2ccc(OCCCCCC)cc2)c2cccs2)cc1. The molecule has 0 fully saturated rings. The van der Waals surface area contributed by atoms with Crippen LogP contribution in [-0.2, 0) is 0 Å². The number of ether oxygens (including phenoxy) is 2. The quantitative estimate of drug-likeness (QED) is 0.215. The highest BCUT2D eigenvalue weighted by atomic mass is 32.1. The van der Waals surface area contributed by atoms with Crippen LogP contribution in [0.5, 0.6) is 11.5 Å². The Labute approximate surface area is 198 Å². The van der Waals surface area contributed by atoms with Gasteiger partial charge in [0.05, 0.1) is 18.2 Å². The van der Waals surface area contributed by atoms with Crippen LogP contribution < -0.4 is 14.4 Å². The van der Waals surface area contributed by atoms with Crippen molar-refractivity contribution in [2.45, 2.75) is 65.2 Å². The predicted molar refractivity (Wildman–Crippen MR) is 138 cm³/mol. The molecule has 3 aromatic rings. The smallest absolute Gasteiger partial charge is 0.119 e. The predicted octanol–water partition coefficient (Wildman–Crippen LogP) is 9.14. The minimum absolute atomic E-state index is 0.786. The standard InChI is InChI=1S/C28H37NO2S/c1-3-5-7-9-21-30-26-17-13-24(14-18-26)29(28-12-11-23-32-28)25-15-19-27(20-16-25)31-22-10-8-6-4-2/h11-20,23H,3-10,21-22H2,1-2H3.